The van der Waals surface area contributed by atoms with E-state index in [1.54, 1.807) is 36.5 Å². The second-order valence-electron chi connectivity index (χ2n) is 10.0. The summed E-state index contributed by atoms with van der Waals surface area (Å²) in [6.45, 7) is 2.90. The molecule has 9 heteroatoms. The number of nitrogens with one attached hydrogen (secondary N) is 1. The van der Waals surface area contributed by atoms with Gasteiger partial charge in [0.1, 0.15) is 10.6 Å². The fourth-order valence-corrected chi connectivity index (χ4v) is 6.83. The molecule has 8 nitrogen and oxygen atoms in total. The molecule has 0 bridgehead atoms. The molecule has 39 heavy (non-hydrogen) atoms. The molecule has 6 rings (SSSR count). The molecule has 0 radical (unpaired) electrons. The summed E-state index contributed by atoms with van der Waals surface area (Å²) in [5.41, 5.74) is 2.56. The molecule has 1 N–H and O–H groups in total. The highest BCUT2D eigenvalue weighted by Crippen LogP contribution is 2.51. The van der Waals surface area contributed by atoms with Crippen molar-refractivity contribution in [3.8, 4) is 5.75 Å². The van der Waals surface area contributed by atoms with Crippen LogP contribution in [0.4, 0.5) is 5.69 Å². The van der Waals surface area contributed by atoms with Crippen molar-refractivity contribution in [2.24, 2.45) is 0 Å². The SMILES string of the molecule is COc1cc(C(=O)N2CCN(C3(c4ccccc4)CC3)CC2)ccc1NS(=O)(=O)c1cccc2cccnc12. The first-order valence-corrected chi connectivity index (χ1v) is 14.5. The number of hydrogen-bond donors (Lipinski definition) is 1. The van der Waals surface area contributed by atoms with E-state index in [2.05, 4.69) is 38.9 Å². The van der Waals surface area contributed by atoms with Gasteiger partial charge in [-0.3, -0.25) is 19.4 Å². The van der Waals surface area contributed by atoms with Crippen LogP contribution in [0, 0.1) is 0 Å². The van der Waals surface area contributed by atoms with Gasteiger partial charge < -0.3 is 9.64 Å². The second kappa shape index (κ2) is 9.98. The van der Waals surface area contributed by atoms with E-state index in [1.807, 2.05) is 23.1 Å². The number of ether oxygens (including phenoxy) is 1. The number of piperazine rings is 1. The molecule has 1 amide bonds. The standard InChI is InChI=1S/C30H30N4O4S/c1-38-26-21-23(12-13-25(26)32-39(36,37)27-11-5-7-22-8-6-16-31-28(22)27)29(35)33-17-19-34(20-18-33)30(14-15-30)24-9-3-2-4-10-24/h2-13,16,21,32H,14-15,17-20H2,1H3. The molecule has 0 atom stereocenters. The summed E-state index contributed by atoms with van der Waals surface area (Å²) in [7, 11) is -2.50. The maximum atomic E-state index is 13.4. The molecule has 2 aliphatic rings. The molecule has 3 aromatic carbocycles. The van der Waals surface area contributed by atoms with E-state index in [0.29, 0.717) is 24.2 Å². The summed E-state index contributed by atoms with van der Waals surface area (Å²) in [5.74, 6) is 0.183. The van der Waals surface area contributed by atoms with Crippen LogP contribution in [0.15, 0.2) is 90.0 Å². The Morgan fingerprint density at radius 3 is 2.38 bits per heavy atom. The number of anilines is 1. The monoisotopic (exact) mass is 542 g/mol. The fourth-order valence-electron chi connectivity index (χ4n) is 5.58. The smallest absolute Gasteiger partial charge is 0.264 e. The minimum absolute atomic E-state index is 0.0737. The van der Waals surface area contributed by atoms with Gasteiger partial charge in [0.05, 0.1) is 18.3 Å². The zero-order chi connectivity index (χ0) is 27.0. The van der Waals surface area contributed by atoms with Gasteiger partial charge in [0, 0.05) is 48.9 Å². The molecular formula is C30H30N4O4S. The molecule has 1 aromatic heterocycles. The Morgan fingerprint density at radius 2 is 1.67 bits per heavy atom. The number of methoxy groups -OCH3 is 1. The number of rotatable bonds is 7. The van der Waals surface area contributed by atoms with Crippen molar-refractivity contribution in [1.29, 1.82) is 0 Å². The Labute approximate surface area is 228 Å². The minimum Gasteiger partial charge on any atom is -0.495 e. The first kappa shape index (κ1) is 25.3. The summed E-state index contributed by atoms with van der Waals surface area (Å²) < 4.78 is 34.7. The quantitative estimate of drug-likeness (QED) is 0.370. The Bertz CT molecular complexity index is 1620. The molecule has 1 saturated carbocycles. The van der Waals surface area contributed by atoms with Gasteiger partial charge in [-0.05, 0) is 48.7 Å². The van der Waals surface area contributed by atoms with Gasteiger partial charge in [-0.15, -0.1) is 0 Å². The normalized spacial score (nSPS) is 17.1. The van der Waals surface area contributed by atoms with Crippen LogP contribution in [0.2, 0.25) is 0 Å². The molecule has 1 aliphatic carbocycles. The highest BCUT2D eigenvalue weighted by atomic mass is 32.2. The highest BCUT2D eigenvalue weighted by Gasteiger charge is 2.49. The van der Waals surface area contributed by atoms with Crippen LogP contribution in [0.5, 0.6) is 5.75 Å². The van der Waals surface area contributed by atoms with Crippen LogP contribution < -0.4 is 9.46 Å². The fraction of sp³-hybridized carbons (Fsp3) is 0.267. The molecule has 1 aliphatic heterocycles. The topological polar surface area (TPSA) is 91.8 Å². The van der Waals surface area contributed by atoms with Crippen molar-refractivity contribution in [3.63, 3.8) is 0 Å². The summed E-state index contributed by atoms with van der Waals surface area (Å²) in [5, 5.41) is 0.727. The first-order chi connectivity index (χ1) is 18.9. The van der Waals surface area contributed by atoms with E-state index in [0.717, 1.165) is 31.3 Å². The maximum absolute atomic E-state index is 13.4. The first-order valence-electron chi connectivity index (χ1n) is 13.1. The summed E-state index contributed by atoms with van der Waals surface area (Å²) in [6, 6.07) is 24.0. The van der Waals surface area contributed by atoms with Gasteiger partial charge >= 0.3 is 0 Å². The van der Waals surface area contributed by atoms with Crippen LogP contribution >= 0.6 is 0 Å². The third-order valence-electron chi connectivity index (χ3n) is 7.78. The number of amides is 1. The van der Waals surface area contributed by atoms with Crippen molar-refractivity contribution < 1.29 is 17.9 Å². The number of fused-ring (bicyclic) bond motifs is 1. The van der Waals surface area contributed by atoms with E-state index in [-0.39, 0.29) is 27.8 Å². The number of hydrogen-bond acceptors (Lipinski definition) is 6. The number of nitrogens with zero attached hydrogens (tertiary/aromatic N) is 3. The summed E-state index contributed by atoms with van der Waals surface area (Å²) in [4.78, 5) is 22.1. The Hall–Kier alpha value is -3.95. The summed E-state index contributed by atoms with van der Waals surface area (Å²) in [6.07, 6.45) is 3.86. The Kier molecular flexibility index (Phi) is 6.48. The molecule has 200 valence electrons. The van der Waals surface area contributed by atoms with Gasteiger partial charge in [-0.1, -0.05) is 48.5 Å². The molecule has 4 aromatic rings. The number of benzene rings is 3. The third-order valence-corrected chi connectivity index (χ3v) is 9.18. The molecule has 2 fully saturated rings. The predicted octanol–water partition coefficient (Wildman–Crippen LogP) is 4.49. The van der Waals surface area contributed by atoms with Gasteiger partial charge in [-0.25, -0.2) is 8.42 Å². The molecule has 1 saturated heterocycles. The summed E-state index contributed by atoms with van der Waals surface area (Å²) >= 11 is 0. The number of para-hydroxylation sites is 1. The number of carbonyl (C=O) groups excluding carboxylic acids is 1. The van der Waals surface area contributed by atoms with Gasteiger partial charge in [-0.2, -0.15) is 0 Å². The third kappa shape index (κ3) is 4.72. The zero-order valence-corrected chi connectivity index (χ0v) is 22.5. The van der Waals surface area contributed by atoms with Crippen LogP contribution in [0.3, 0.4) is 0 Å². The van der Waals surface area contributed by atoms with E-state index in [1.165, 1.54) is 18.7 Å². The maximum Gasteiger partial charge on any atom is 0.264 e. The minimum atomic E-state index is -3.96. The highest BCUT2D eigenvalue weighted by molar-refractivity contribution is 7.93. The average molecular weight is 543 g/mol. The number of aromatic nitrogens is 1. The number of pyridine rings is 1. The van der Waals surface area contributed by atoms with E-state index >= 15 is 0 Å². The Morgan fingerprint density at radius 1 is 0.923 bits per heavy atom. The van der Waals surface area contributed by atoms with Crippen molar-refractivity contribution >= 4 is 32.5 Å². The molecule has 0 spiro atoms. The van der Waals surface area contributed by atoms with Crippen molar-refractivity contribution in [2.75, 3.05) is 38.0 Å². The predicted molar refractivity (Wildman–Crippen MR) is 150 cm³/mol. The lowest BCUT2D eigenvalue weighted by molar-refractivity contribution is 0.0531. The van der Waals surface area contributed by atoms with Gasteiger partial charge in [0.2, 0.25) is 0 Å². The second-order valence-corrected chi connectivity index (χ2v) is 11.7. The van der Waals surface area contributed by atoms with Crippen molar-refractivity contribution in [1.82, 2.24) is 14.8 Å². The van der Waals surface area contributed by atoms with Crippen molar-refractivity contribution in [3.05, 3.63) is 96.2 Å². The van der Waals surface area contributed by atoms with Crippen LogP contribution in [-0.2, 0) is 15.6 Å². The average Bonchev–Trinajstić information content (AvgIpc) is 3.79. The largest absolute Gasteiger partial charge is 0.495 e. The lowest BCUT2D eigenvalue weighted by Gasteiger charge is -2.40. The molecule has 2 heterocycles. The van der Waals surface area contributed by atoms with E-state index in [4.69, 9.17) is 4.74 Å². The Balaban J connectivity index is 1.17. The number of carbonyl (C=O) groups is 1. The lowest BCUT2D eigenvalue weighted by atomic mass is 10.0. The van der Waals surface area contributed by atoms with Crippen LogP contribution in [-0.4, -0.2) is 62.4 Å². The van der Waals surface area contributed by atoms with E-state index in [9.17, 15) is 13.2 Å². The van der Waals surface area contributed by atoms with E-state index < -0.39 is 10.0 Å². The molecular weight excluding hydrogens is 512 g/mol. The number of sulfonamides is 1. The lowest BCUT2D eigenvalue weighted by Crippen LogP contribution is -2.52. The zero-order valence-electron chi connectivity index (χ0n) is 21.7. The molecule has 0 unspecified atom stereocenters. The van der Waals surface area contributed by atoms with Gasteiger partial charge in [0.25, 0.3) is 15.9 Å². The van der Waals surface area contributed by atoms with Crippen LogP contribution in [0.25, 0.3) is 10.9 Å². The van der Waals surface area contributed by atoms with Gasteiger partial charge in [0.15, 0.2) is 0 Å². The van der Waals surface area contributed by atoms with Crippen LogP contribution in [0.1, 0.15) is 28.8 Å². The van der Waals surface area contributed by atoms with Crippen molar-refractivity contribution in [2.45, 2.75) is 23.3 Å².